The molecule has 0 aromatic heterocycles. The fraction of sp³-hybridized carbons (Fsp3) is 0.800. The number of likely N-dealkylation sites (tertiary alicyclic amines) is 1. The van der Waals surface area contributed by atoms with E-state index in [1.54, 1.807) is 0 Å². The molecule has 0 aromatic rings. The van der Waals surface area contributed by atoms with E-state index in [2.05, 4.69) is 0 Å². The normalized spacial score (nSPS) is 17.7. The minimum Gasteiger partial charge on any atom is -0.368 e. The van der Waals surface area contributed by atoms with Gasteiger partial charge in [0, 0.05) is 19.4 Å². The molecule has 1 heterocycles. The number of amides is 2. The van der Waals surface area contributed by atoms with Crippen LogP contribution in [0, 0.1) is 0 Å². The minimum absolute atomic E-state index is 0.101. The molecule has 0 unspecified atom stereocenters. The van der Waals surface area contributed by atoms with Crippen LogP contribution in [0.15, 0.2) is 0 Å². The predicted molar refractivity (Wildman–Crippen MR) is 52.6 cm³/mol. The summed E-state index contributed by atoms with van der Waals surface area (Å²) in [4.78, 5) is 24.0. The van der Waals surface area contributed by atoms with Gasteiger partial charge in [0.05, 0.1) is 0 Å². The summed E-state index contributed by atoms with van der Waals surface area (Å²) in [6.45, 7) is 0.407. The molecular weight excluding hydrogens is 198 g/mol. The summed E-state index contributed by atoms with van der Waals surface area (Å²) in [5.41, 5.74) is 0. The van der Waals surface area contributed by atoms with E-state index in [4.69, 9.17) is 10.2 Å². The van der Waals surface area contributed by atoms with Gasteiger partial charge in [-0.05, 0) is 25.7 Å². The van der Waals surface area contributed by atoms with Crippen LogP contribution in [0.5, 0.6) is 0 Å². The molecule has 0 bridgehead atoms. The van der Waals surface area contributed by atoms with Gasteiger partial charge in [-0.25, -0.2) is 0 Å². The molecule has 0 aromatic carbocycles. The van der Waals surface area contributed by atoms with Crippen LogP contribution in [-0.2, 0) is 9.59 Å². The number of hydrogen-bond donors (Lipinski definition) is 2. The van der Waals surface area contributed by atoms with Gasteiger partial charge in [-0.15, -0.1) is 0 Å². The number of nitrogens with zero attached hydrogens (tertiary/aromatic N) is 1. The fourth-order valence-corrected chi connectivity index (χ4v) is 1.65. The fourth-order valence-electron chi connectivity index (χ4n) is 1.65. The first-order chi connectivity index (χ1) is 7.11. The van der Waals surface area contributed by atoms with Crippen molar-refractivity contribution in [2.75, 3.05) is 6.54 Å². The molecule has 0 radical (unpaired) electrons. The lowest BCUT2D eigenvalue weighted by Crippen LogP contribution is -2.40. The van der Waals surface area contributed by atoms with Crippen molar-refractivity contribution in [3.05, 3.63) is 0 Å². The summed E-state index contributed by atoms with van der Waals surface area (Å²) >= 11 is 0. The van der Waals surface area contributed by atoms with Crippen LogP contribution in [0.4, 0.5) is 0 Å². The van der Waals surface area contributed by atoms with Crippen molar-refractivity contribution in [1.82, 2.24) is 4.90 Å². The third-order valence-electron chi connectivity index (χ3n) is 2.48. The number of rotatable bonds is 5. The summed E-state index contributed by atoms with van der Waals surface area (Å²) in [7, 11) is 0. The molecule has 0 spiro atoms. The maximum atomic E-state index is 11.3. The zero-order chi connectivity index (χ0) is 11.3. The summed E-state index contributed by atoms with van der Waals surface area (Å²) < 4.78 is 0. The number of carbonyl (C=O) groups is 2. The lowest BCUT2D eigenvalue weighted by Gasteiger charge is -2.24. The Morgan fingerprint density at radius 1 is 1.13 bits per heavy atom. The SMILES string of the molecule is O=C1CCCC(=O)N1CCCCC(O)O. The predicted octanol–water partition coefficient (Wildman–Crippen LogP) is 0.00650. The Labute approximate surface area is 88.7 Å². The van der Waals surface area contributed by atoms with Gasteiger partial charge in [0.2, 0.25) is 11.8 Å². The van der Waals surface area contributed by atoms with Crippen molar-refractivity contribution in [3.63, 3.8) is 0 Å². The third kappa shape index (κ3) is 3.97. The van der Waals surface area contributed by atoms with Gasteiger partial charge in [0.15, 0.2) is 6.29 Å². The van der Waals surface area contributed by atoms with Crippen molar-refractivity contribution >= 4 is 11.8 Å². The Hall–Kier alpha value is -0.940. The smallest absolute Gasteiger partial charge is 0.229 e. The van der Waals surface area contributed by atoms with Gasteiger partial charge in [-0.3, -0.25) is 14.5 Å². The van der Waals surface area contributed by atoms with E-state index in [9.17, 15) is 9.59 Å². The number of imide groups is 1. The minimum atomic E-state index is -1.29. The Bertz CT molecular complexity index is 224. The molecule has 1 aliphatic rings. The maximum Gasteiger partial charge on any atom is 0.229 e. The summed E-state index contributed by atoms with van der Waals surface area (Å²) in [6.07, 6.45) is 1.80. The van der Waals surface area contributed by atoms with Crippen molar-refractivity contribution in [3.8, 4) is 0 Å². The van der Waals surface area contributed by atoms with Crippen molar-refractivity contribution < 1.29 is 19.8 Å². The number of unbranched alkanes of at least 4 members (excludes halogenated alkanes) is 1. The zero-order valence-corrected chi connectivity index (χ0v) is 8.69. The zero-order valence-electron chi connectivity index (χ0n) is 8.69. The molecule has 1 rings (SSSR count). The van der Waals surface area contributed by atoms with Crippen LogP contribution in [-0.4, -0.2) is 39.8 Å². The van der Waals surface area contributed by atoms with E-state index >= 15 is 0 Å². The quantitative estimate of drug-likeness (QED) is 0.384. The molecule has 0 atom stereocenters. The molecule has 5 nitrogen and oxygen atoms in total. The Balaban J connectivity index is 2.24. The van der Waals surface area contributed by atoms with E-state index in [0.717, 1.165) is 0 Å². The highest BCUT2D eigenvalue weighted by Gasteiger charge is 2.24. The largest absolute Gasteiger partial charge is 0.368 e. The van der Waals surface area contributed by atoms with Crippen molar-refractivity contribution in [1.29, 1.82) is 0 Å². The molecule has 15 heavy (non-hydrogen) atoms. The number of carbonyl (C=O) groups excluding carboxylic acids is 2. The second-order valence-corrected chi connectivity index (χ2v) is 3.77. The highest BCUT2D eigenvalue weighted by atomic mass is 16.5. The monoisotopic (exact) mass is 215 g/mol. The molecule has 2 amide bonds. The van der Waals surface area contributed by atoms with Crippen LogP contribution >= 0.6 is 0 Å². The highest BCUT2D eigenvalue weighted by molar-refractivity contribution is 5.97. The number of aliphatic hydroxyl groups is 2. The van der Waals surface area contributed by atoms with E-state index in [1.165, 1.54) is 4.90 Å². The molecular formula is C10H17NO4. The topological polar surface area (TPSA) is 77.8 Å². The number of hydrogen-bond acceptors (Lipinski definition) is 4. The second-order valence-electron chi connectivity index (χ2n) is 3.77. The molecule has 1 aliphatic heterocycles. The molecule has 1 fully saturated rings. The Kier molecular flexibility index (Phi) is 4.71. The summed E-state index contributed by atoms with van der Waals surface area (Å²) in [6, 6.07) is 0. The number of piperidine rings is 1. The average Bonchev–Trinajstić information content (AvgIpc) is 2.15. The van der Waals surface area contributed by atoms with Crippen molar-refractivity contribution in [2.24, 2.45) is 0 Å². The van der Waals surface area contributed by atoms with Gasteiger partial charge in [-0.1, -0.05) is 0 Å². The molecule has 0 aliphatic carbocycles. The summed E-state index contributed by atoms with van der Waals surface area (Å²) in [5, 5.41) is 17.2. The maximum absolute atomic E-state index is 11.3. The first kappa shape index (κ1) is 12.1. The average molecular weight is 215 g/mol. The van der Waals surface area contributed by atoms with Crippen LogP contribution < -0.4 is 0 Å². The highest BCUT2D eigenvalue weighted by Crippen LogP contribution is 2.13. The second kappa shape index (κ2) is 5.82. The first-order valence-electron chi connectivity index (χ1n) is 5.30. The third-order valence-corrected chi connectivity index (χ3v) is 2.48. The van der Waals surface area contributed by atoms with Crippen LogP contribution in [0.2, 0.25) is 0 Å². The van der Waals surface area contributed by atoms with Gasteiger partial charge < -0.3 is 10.2 Å². The van der Waals surface area contributed by atoms with E-state index in [0.29, 0.717) is 38.6 Å². The van der Waals surface area contributed by atoms with Crippen LogP contribution in [0.3, 0.4) is 0 Å². The van der Waals surface area contributed by atoms with E-state index in [1.807, 2.05) is 0 Å². The molecule has 0 saturated carbocycles. The van der Waals surface area contributed by atoms with Gasteiger partial charge in [0.25, 0.3) is 0 Å². The van der Waals surface area contributed by atoms with Crippen molar-refractivity contribution in [2.45, 2.75) is 44.8 Å². The Morgan fingerprint density at radius 2 is 1.73 bits per heavy atom. The standard InChI is InChI=1S/C10H17NO4/c12-8-4-3-5-9(13)11(8)7-2-1-6-10(14)15/h10,14-15H,1-7H2. The molecule has 86 valence electrons. The molecule has 5 heteroatoms. The van der Waals surface area contributed by atoms with Crippen LogP contribution in [0.25, 0.3) is 0 Å². The number of aliphatic hydroxyl groups excluding tert-OH is 1. The van der Waals surface area contributed by atoms with Gasteiger partial charge in [-0.2, -0.15) is 0 Å². The molecule has 2 N–H and O–H groups in total. The summed E-state index contributed by atoms with van der Waals surface area (Å²) in [5.74, 6) is -0.202. The molecule has 1 saturated heterocycles. The lowest BCUT2D eigenvalue weighted by atomic mass is 10.1. The van der Waals surface area contributed by atoms with Gasteiger partial charge in [0.1, 0.15) is 0 Å². The first-order valence-corrected chi connectivity index (χ1v) is 5.30. The van der Waals surface area contributed by atoms with E-state index < -0.39 is 6.29 Å². The van der Waals surface area contributed by atoms with E-state index in [-0.39, 0.29) is 18.2 Å². The Morgan fingerprint density at radius 3 is 2.27 bits per heavy atom. The lowest BCUT2D eigenvalue weighted by molar-refractivity contribution is -0.148. The van der Waals surface area contributed by atoms with Gasteiger partial charge >= 0.3 is 0 Å². The van der Waals surface area contributed by atoms with Crippen LogP contribution in [0.1, 0.15) is 38.5 Å².